The standard InChI is InChI=1S/C13H13NO3/c1-17-13(16)9-5-6-14-7-10-8(12(9)14)3-2-4-11(10)15/h2,4H,3,5-7H2,1H3. The van der Waals surface area contributed by atoms with Crippen LogP contribution in [0.4, 0.5) is 0 Å². The van der Waals surface area contributed by atoms with Gasteiger partial charge in [-0.1, -0.05) is 6.08 Å². The molecule has 0 N–H and O–H groups in total. The summed E-state index contributed by atoms with van der Waals surface area (Å²) in [5, 5.41) is 0. The van der Waals surface area contributed by atoms with Crippen LogP contribution in [-0.4, -0.2) is 36.9 Å². The van der Waals surface area contributed by atoms with Crippen molar-refractivity contribution in [3.05, 3.63) is 34.6 Å². The van der Waals surface area contributed by atoms with Gasteiger partial charge in [0, 0.05) is 18.7 Å². The summed E-state index contributed by atoms with van der Waals surface area (Å²) in [5.74, 6) is -0.185. The van der Waals surface area contributed by atoms with Gasteiger partial charge in [-0.05, 0) is 24.5 Å². The van der Waals surface area contributed by atoms with Crippen molar-refractivity contribution in [2.24, 2.45) is 0 Å². The summed E-state index contributed by atoms with van der Waals surface area (Å²) < 4.78 is 4.80. The number of ketones is 1. The summed E-state index contributed by atoms with van der Waals surface area (Å²) in [4.78, 5) is 25.5. The van der Waals surface area contributed by atoms with Crippen molar-refractivity contribution in [2.75, 3.05) is 20.2 Å². The van der Waals surface area contributed by atoms with Gasteiger partial charge in [0.05, 0.1) is 18.4 Å². The Balaban J connectivity index is 2.08. The molecule has 0 aromatic heterocycles. The largest absolute Gasteiger partial charge is 0.466 e. The van der Waals surface area contributed by atoms with Gasteiger partial charge in [-0.15, -0.1) is 0 Å². The molecule has 1 aliphatic carbocycles. The zero-order chi connectivity index (χ0) is 12.0. The van der Waals surface area contributed by atoms with E-state index in [4.69, 9.17) is 4.74 Å². The minimum atomic E-state index is -0.266. The van der Waals surface area contributed by atoms with E-state index in [1.165, 1.54) is 7.11 Å². The summed E-state index contributed by atoms with van der Waals surface area (Å²) in [5.41, 5.74) is 3.55. The number of hydrogen-bond acceptors (Lipinski definition) is 4. The summed E-state index contributed by atoms with van der Waals surface area (Å²) >= 11 is 0. The van der Waals surface area contributed by atoms with Crippen LogP contribution in [0.5, 0.6) is 0 Å². The fourth-order valence-electron chi connectivity index (χ4n) is 2.78. The molecular weight excluding hydrogens is 218 g/mol. The molecule has 0 fully saturated rings. The minimum absolute atomic E-state index is 0.0809. The first-order chi connectivity index (χ1) is 8.22. The molecule has 0 aromatic rings. The molecule has 0 saturated heterocycles. The molecule has 3 aliphatic rings. The molecule has 4 nitrogen and oxygen atoms in total. The molecule has 0 amide bonds. The van der Waals surface area contributed by atoms with Crippen molar-refractivity contribution in [2.45, 2.75) is 12.8 Å². The molecular formula is C13H13NO3. The van der Waals surface area contributed by atoms with Crippen molar-refractivity contribution < 1.29 is 14.3 Å². The number of rotatable bonds is 1. The first kappa shape index (κ1) is 10.3. The van der Waals surface area contributed by atoms with Crippen LogP contribution in [0.1, 0.15) is 12.8 Å². The molecule has 2 heterocycles. The third-order valence-electron chi connectivity index (χ3n) is 3.55. The highest BCUT2D eigenvalue weighted by Crippen LogP contribution is 2.40. The van der Waals surface area contributed by atoms with E-state index in [1.54, 1.807) is 6.08 Å². The van der Waals surface area contributed by atoms with Gasteiger partial charge in [0.2, 0.25) is 0 Å². The van der Waals surface area contributed by atoms with E-state index in [2.05, 4.69) is 4.90 Å². The lowest BCUT2D eigenvalue weighted by molar-refractivity contribution is -0.136. The summed E-state index contributed by atoms with van der Waals surface area (Å²) in [7, 11) is 1.40. The number of allylic oxidation sites excluding steroid dienone is 3. The molecule has 3 rings (SSSR count). The van der Waals surface area contributed by atoms with Crippen molar-refractivity contribution in [1.29, 1.82) is 0 Å². The maximum absolute atomic E-state index is 11.7. The number of fused-ring (bicyclic) bond motifs is 2. The first-order valence-corrected chi connectivity index (χ1v) is 5.72. The van der Waals surface area contributed by atoms with E-state index < -0.39 is 0 Å². The molecule has 0 radical (unpaired) electrons. The summed E-state index contributed by atoms with van der Waals surface area (Å²) in [6.45, 7) is 1.45. The number of esters is 1. The van der Waals surface area contributed by atoms with Gasteiger partial charge in [0.25, 0.3) is 0 Å². The van der Waals surface area contributed by atoms with E-state index in [9.17, 15) is 9.59 Å². The van der Waals surface area contributed by atoms with Crippen molar-refractivity contribution in [1.82, 2.24) is 4.90 Å². The Hall–Kier alpha value is -1.84. The van der Waals surface area contributed by atoms with Crippen LogP contribution in [-0.2, 0) is 14.3 Å². The molecule has 88 valence electrons. The Bertz CT molecular complexity index is 511. The van der Waals surface area contributed by atoms with Crippen LogP contribution in [0, 0.1) is 0 Å². The maximum atomic E-state index is 11.7. The Labute approximate surface area is 99.2 Å². The quantitative estimate of drug-likeness (QED) is 0.631. The lowest BCUT2D eigenvalue weighted by Crippen LogP contribution is -2.17. The molecule has 0 aromatic carbocycles. The highest BCUT2D eigenvalue weighted by molar-refractivity contribution is 6.07. The Kier molecular flexibility index (Phi) is 2.18. The average molecular weight is 231 g/mol. The van der Waals surface area contributed by atoms with Crippen LogP contribution in [0.2, 0.25) is 0 Å². The van der Waals surface area contributed by atoms with Crippen LogP contribution in [0.3, 0.4) is 0 Å². The predicted octanol–water partition coefficient (Wildman–Crippen LogP) is 0.958. The van der Waals surface area contributed by atoms with Gasteiger partial charge >= 0.3 is 5.97 Å². The fraction of sp³-hybridized carbons (Fsp3) is 0.385. The molecule has 4 heteroatoms. The zero-order valence-electron chi connectivity index (χ0n) is 9.66. The van der Waals surface area contributed by atoms with E-state index >= 15 is 0 Å². The normalized spacial score (nSPS) is 22.2. The SMILES string of the molecule is COC(=O)C1=C2C3=C(CN2CC1)C(=O)C=CC3. The lowest BCUT2D eigenvalue weighted by Gasteiger charge is -2.14. The van der Waals surface area contributed by atoms with Crippen LogP contribution >= 0.6 is 0 Å². The number of ether oxygens (including phenoxy) is 1. The van der Waals surface area contributed by atoms with Crippen LogP contribution < -0.4 is 0 Å². The number of nitrogens with zero attached hydrogens (tertiary/aromatic N) is 1. The second-order valence-corrected chi connectivity index (χ2v) is 4.42. The second-order valence-electron chi connectivity index (χ2n) is 4.42. The van der Waals surface area contributed by atoms with Gasteiger partial charge in [0.1, 0.15) is 0 Å². The zero-order valence-corrected chi connectivity index (χ0v) is 9.66. The maximum Gasteiger partial charge on any atom is 0.335 e. The van der Waals surface area contributed by atoms with Gasteiger partial charge in [-0.2, -0.15) is 0 Å². The van der Waals surface area contributed by atoms with Gasteiger partial charge in [0.15, 0.2) is 5.78 Å². The summed E-state index contributed by atoms with van der Waals surface area (Å²) in [6, 6.07) is 0. The van der Waals surface area contributed by atoms with Crippen molar-refractivity contribution in [3.8, 4) is 0 Å². The first-order valence-electron chi connectivity index (χ1n) is 5.72. The van der Waals surface area contributed by atoms with Gasteiger partial charge in [-0.3, -0.25) is 4.79 Å². The van der Waals surface area contributed by atoms with Gasteiger partial charge < -0.3 is 9.64 Å². The molecule has 0 atom stereocenters. The number of methoxy groups -OCH3 is 1. The van der Waals surface area contributed by atoms with E-state index in [0.29, 0.717) is 6.54 Å². The second kappa shape index (κ2) is 3.58. The third-order valence-corrected chi connectivity index (χ3v) is 3.55. The Morgan fingerprint density at radius 3 is 3.00 bits per heavy atom. The Morgan fingerprint density at radius 1 is 1.41 bits per heavy atom. The van der Waals surface area contributed by atoms with E-state index in [1.807, 2.05) is 6.08 Å². The average Bonchev–Trinajstić information content (AvgIpc) is 2.88. The monoisotopic (exact) mass is 231 g/mol. The topological polar surface area (TPSA) is 46.6 Å². The fourth-order valence-corrected chi connectivity index (χ4v) is 2.78. The minimum Gasteiger partial charge on any atom is -0.466 e. The predicted molar refractivity (Wildman–Crippen MR) is 61.0 cm³/mol. The third kappa shape index (κ3) is 1.37. The van der Waals surface area contributed by atoms with Crippen molar-refractivity contribution in [3.63, 3.8) is 0 Å². The summed E-state index contributed by atoms with van der Waals surface area (Å²) in [6.07, 6.45) is 4.95. The van der Waals surface area contributed by atoms with Gasteiger partial charge in [-0.25, -0.2) is 4.79 Å². The van der Waals surface area contributed by atoms with Crippen molar-refractivity contribution >= 4 is 11.8 Å². The van der Waals surface area contributed by atoms with Crippen LogP contribution in [0.15, 0.2) is 34.6 Å². The molecule has 17 heavy (non-hydrogen) atoms. The molecule has 0 saturated carbocycles. The lowest BCUT2D eigenvalue weighted by atomic mass is 9.95. The number of carbonyl (C=O) groups is 2. The van der Waals surface area contributed by atoms with E-state index in [-0.39, 0.29) is 11.8 Å². The Morgan fingerprint density at radius 2 is 2.24 bits per heavy atom. The van der Waals surface area contributed by atoms with Crippen LogP contribution in [0.25, 0.3) is 0 Å². The highest BCUT2D eigenvalue weighted by Gasteiger charge is 2.38. The number of hydrogen-bond donors (Lipinski definition) is 0. The smallest absolute Gasteiger partial charge is 0.335 e. The number of carbonyl (C=O) groups excluding carboxylic acids is 2. The highest BCUT2D eigenvalue weighted by atomic mass is 16.5. The molecule has 0 spiro atoms. The van der Waals surface area contributed by atoms with E-state index in [0.717, 1.165) is 41.8 Å². The molecule has 0 unspecified atom stereocenters. The molecule has 2 aliphatic heterocycles. The molecule has 0 bridgehead atoms.